The molecule has 0 aromatic heterocycles. The Hall–Kier alpha value is -2.69. The van der Waals surface area contributed by atoms with Gasteiger partial charge in [0.25, 0.3) is 0 Å². The highest BCUT2D eigenvalue weighted by atomic mass is 16.6. The second-order valence-corrected chi connectivity index (χ2v) is 13.3. The van der Waals surface area contributed by atoms with E-state index in [1.807, 2.05) is 0 Å². The topological polar surface area (TPSA) is 69.7 Å². The molecule has 2 aromatic rings. The maximum Gasteiger partial charge on any atom is 0.345 e. The molecule has 5 heteroatoms. The summed E-state index contributed by atoms with van der Waals surface area (Å²) in [6.45, 7) is 3.64. The van der Waals surface area contributed by atoms with Crippen LogP contribution < -0.4 is 4.74 Å². The van der Waals surface area contributed by atoms with E-state index < -0.39 is 11.9 Å². The van der Waals surface area contributed by atoms with Crippen molar-refractivity contribution in [3.05, 3.63) is 42.0 Å². The van der Waals surface area contributed by atoms with Crippen LogP contribution in [-0.4, -0.2) is 17.9 Å². The van der Waals surface area contributed by atoms with Crippen molar-refractivity contribution in [2.75, 3.05) is 0 Å². The first kappa shape index (κ1) is 39.5. The number of hydrogen-bond acceptors (Lipinski definition) is 5. The van der Waals surface area contributed by atoms with Crippen LogP contribution in [-0.2, 0) is 14.3 Å². The van der Waals surface area contributed by atoms with Gasteiger partial charge in [-0.2, -0.15) is 0 Å². The number of rotatable bonds is 28. The molecule has 0 spiro atoms. The third kappa shape index (κ3) is 19.7. The minimum Gasteiger partial charge on any atom is -0.427 e. The van der Waals surface area contributed by atoms with E-state index in [-0.39, 0.29) is 12.4 Å². The fraction of sp³-hybridized carbons (Fsp3) is 0.683. The molecule has 0 saturated heterocycles. The third-order valence-electron chi connectivity index (χ3n) is 9.00. The van der Waals surface area contributed by atoms with Crippen LogP contribution in [0, 0.1) is 0 Å². The van der Waals surface area contributed by atoms with Crippen molar-refractivity contribution in [3.8, 4) is 5.75 Å². The van der Waals surface area contributed by atoms with E-state index in [0.29, 0.717) is 11.3 Å². The molecule has 0 heterocycles. The summed E-state index contributed by atoms with van der Waals surface area (Å²) >= 11 is 0. The van der Waals surface area contributed by atoms with Gasteiger partial charge in [-0.05, 0) is 41.5 Å². The average Bonchev–Trinajstić information content (AvgIpc) is 3.04. The molecule has 0 fully saturated rings. The quantitative estimate of drug-likeness (QED) is 0.0402. The number of esters is 3. The van der Waals surface area contributed by atoms with Gasteiger partial charge in [0.1, 0.15) is 5.75 Å². The summed E-state index contributed by atoms with van der Waals surface area (Å²) in [6.07, 6.45) is 33.9. The Labute approximate surface area is 280 Å². The summed E-state index contributed by atoms with van der Waals surface area (Å²) in [6, 6.07) is 10.2. The van der Waals surface area contributed by atoms with E-state index in [4.69, 9.17) is 9.47 Å². The maximum atomic E-state index is 12.4. The van der Waals surface area contributed by atoms with Crippen LogP contribution >= 0.6 is 0 Å². The van der Waals surface area contributed by atoms with Gasteiger partial charge in [-0.15, -0.1) is 0 Å². The van der Waals surface area contributed by atoms with Gasteiger partial charge in [0.05, 0.1) is 5.56 Å². The van der Waals surface area contributed by atoms with E-state index in [0.717, 1.165) is 30.0 Å². The lowest BCUT2D eigenvalue weighted by Crippen LogP contribution is -2.12. The lowest BCUT2D eigenvalue weighted by molar-refractivity contribution is -0.138. The highest BCUT2D eigenvalue weighted by Gasteiger charge is 2.14. The zero-order chi connectivity index (χ0) is 33.1. The van der Waals surface area contributed by atoms with Gasteiger partial charge >= 0.3 is 17.9 Å². The van der Waals surface area contributed by atoms with Crippen LogP contribution in [0.2, 0.25) is 0 Å². The second-order valence-electron chi connectivity index (χ2n) is 13.3. The molecule has 0 unspecified atom stereocenters. The van der Waals surface area contributed by atoms with Crippen molar-refractivity contribution in [2.45, 2.75) is 181 Å². The Morgan fingerprint density at radius 3 is 1.33 bits per heavy atom. The van der Waals surface area contributed by atoms with Gasteiger partial charge < -0.3 is 9.47 Å². The van der Waals surface area contributed by atoms with E-state index in [9.17, 15) is 14.4 Å². The number of carbonyl (C=O) groups excluding carboxylic acids is 3. The van der Waals surface area contributed by atoms with Crippen molar-refractivity contribution in [2.24, 2.45) is 0 Å². The lowest BCUT2D eigenvalue weighted by atomic mass is 10.0. The molecule has 0 aliphatic rings. The van der Waals surface area contributed by atoms with Gasteiger partial charge in [0.15, 0.2) is 0 Å². The molecule has 0 atom stereocenters. The number of unbranched alkanes of at least 4 members (excludes halogenated alkanes) is 24. The third-order valence-corrected chi connectivity index (χ3v) is 9.00. The Morgan fingerprint density at radius 1 is 0.500 bits per heavy atom. The van der Waals surface area contributed by atoms with Crippen LogP contribution in [0.1, 0.15) is 191 Å². The van der Waals surface area contributed by atoms with E-state index in [2.05, 4.69) is 6.92 Å². The van der Waals surface area contributed by atoms with Crippen molar-refractivity contribution in [1.82, 2.24) is 0 Å². The molecule has 46 heavy (non-hydrogen) atoms. The fourth-order valence-electron chi connectivity index (χ4n) is 6.20. The van der Waals surface area contributed by atoms with E-state index in [1.165, 1.54) is 148 Å². The highest BCUT2D eigenvalue weighted by Crippen LogP contribution is 2.23. The number of ether oxygens (including phenoxy) is 2. The molecular formula is C41H64O5. The summed E-state index contributed by atoms with van der Waals surface area (Å²) in [7, 11) is 0. The van der Waals surface area contributed by atoms with E-state index >= 15 is 0 Å². The summed E-state index contributed by atoms with van der Waals surface area (Å²) < 4.78 is 10.2. The van der Waals surface area contributed by atoms with Crippen LogP contribution in [0.15, 0.2) is 36.4 Å². The minimum absolute atomic E-state index is 0.268. The molecule has 2 aromatic carbocycles. The Bertz CT molecular complexity index is 1110. The molecule has 2 rings (SSSR count). The summed E-state index contributed by atoms with van der Waals surface area (Å²) in [5.74, 6) is -1.03. The Morgan fingerprint density at radius 2 is 0.891 bits per heavy atom. The molecule has 0 bridgehead atoms. The monoisotopic (exact) mass is 636 g/mol. The predicted molar refractivity (Wildman–Crippen MR) is 191 cm³/mol. The number of benzene rings is 2. The molecule has 0 radical (unpaired) electrons. The second kappa shape index (κ2) is 26.4. The fourth-order valence-corrected chi connectivity index (χ4v) is 6.20. The largest absolute Gasteiger partial charge is 0.427 e. The van der Waals surface area contributed by atoms with Crippen LogP contribution in [0.4, 0.5) is 0 Å². The maximum absolute atomic E-state index is 12.4. The highest BCUT2D eigenvalue weighted by molar-refractivity contribution is 6.00. The lowest BCUT2D eigenvalue weighted by Gasteiger charge is -2.06. The first-order valence-corrected chi connectivity index (χ1v) is 19.0. The first-order valence-electron chi connectivity index (χ1n) is 19.0. The van der Waals surface area contributed by atoms with Gasteiger partial charge in [-0.25, -0.2) is 4.79 Å². The summed E-state index contributed by atoms with van der Waals surface area (Å²) in [4.78, 5) is 35.8. The summed E-state index contributed by atoms with van der Waals surface area (Å²) in [5.41, 5.74) is 0.330. The number of hydrogen-bond donors (Lipinski definition) is 0. The first-order chi connectivity index (χ1) is 22.5. The Balaban J connectivity index is 1.33. The molecule has 5 nitrogen and oxygen atoms in total. The zero-order valence-corrected chi connectivity index (χ0v) is 29.4. The van der Waals surface area contributed by atoms with Gasteiger partial charge in [-0.1, -0.05) is 173 Å². The molecule has 0 aliphatic carbocycles. The van der Waals surface area contributed by atoms with Crippen LogP contribution in [0.25, 0.3) is 10.8 Å². The number of fused-ring (bicyclic) bond motifs is 1. The van der Waals surface area contributed by atoms with Crippen molar-refractivity contribution >= 4 is 28.7 Å². The smallest absolute Gasteiger partial charge is 0.345 e. The van der Waals surface area contributed by atoms with Crippen LogP contribution in [0.5, 0.6) is 5.75 Å². The predicted octanol–water partition coefficient (Wildman–Crippen LogP) is 12.6. The molecule has 258 valence electrons. The molecule has 0 amide bonds. The van der Waals surface area contributed by atoms with E-state index in [1.54, 1.807) is 36.4 Å². The molecule has 0 N–H and O–H groups in total. The minimum atomic E-state index is -0.629. The number of carbonyl (C=O) groups is 3. The summed E-state index contributed by atoms with van der Waals surface area (Å²) in [5, 5.41) is 1.63. The normalized spacial score (nSPS) is 11.2. The van der Waals surface area contributed by atoms with Crippen LogP contribution in [0.3, 0.4) is 0 Å². The molecule has 0 aliphatic heterocycles. The zero-order valence-electron chi connectivity index (χ0n) is 29.4. The SMILES string of the molecule is CCCCCCCCCCCCCCCCCCCCCCCCCCCC(=O)OC(=O)c1ccc2cc(OC(C)=O)ccc2c1. The van der Waals surface area contributed by atoms with Gasteiger partial charge in [-0.3, -0.25) is 9.59 Å². The van der Waals surface area contributed by atoms with Gasteiger partial charge in [0.2, 0.25) is 0 Å². The molecule has 0 saturated carbocycles. The average molecular weight is 637 g/mol. The van der Waals surface area contributed by atoms with Gasteiger partial charge in [0, 0.05) is 13.3 Å². The van der Waals surface area contributed by atoms with Crippen molar-refractivity contribution < 1.29 is 23.9 Å². The van der Waals surface area contributed by atoms with Crippen molar-refractivity contribution in [1.29, 1.82) is 0 Å². The molecular weight excluding hydrogens is 572 g/mol. The van der Waals surface area contributed by atoms with Crippen molar-refractivity contribution in [3.63, 3.8) is 0 Å². The standard InChI is InChI=1S/C41H64O5/c1-3-4-5-6-7-8-9-10-11-12-13-14-15-16-17-18-19-20-21-22-23-24-25-26-27-28-40(43)46-41(44)38-30-29-37-34-39(45-35(2)42)32-31-36(37)33-38/h29-34H,3-28H2,1-2H3. The Kier molecular flexibility index (Phi) is 22.7.